The molecule has 2 aromatic carbocycles. The third kappa shape index (κ3) is 1.57. The Kier molecular flexibility index (Phi) is 2.57. The minimum absolute atomic E-state index is 0.147. The zero-order valence-corrected chi connectivity index (χ0v) is 10.9. The van der Waals surface area contributed by atoms with Gasteiger partial charge in [-0.25, -0.2) is 17.6 Å². The van der Waals surface area contributed by atoms with Crippen LogP contribution < -0.4 is 0 Å². The fourth-order valence-electron chi connectivity index (χ4n) is 2.19. The first-order valence-electron chi connectivity index (χ1n) is 5.57. The molecular weight excluding hydrogens is 276 g/mol. The van der Waals surface area contributed by atoms with E-state index in [0.29, 0.717) is 9.40 Å². The first kappa shape index (κ1) is 12.4. The van der Waals surface area contributed by atoms with Crippen LogP contribution in [0, 0.1) is 37.1 Å². The lowest BCUT2D eigenvalue weighted by molar-refractivity contribution is 0.507. The fourth-order valence-corrected chi connectivity index (χ4v) is 3.49. The predicted octanol–water partition coefficient (Wildman–Crippen LogP) is 5.23. The minimum atomic E-state index is -1.12. The van der Waals surface area contributed by atoms with E-state index in [0.717, 1.165) is 11.3 Å². The molecule has 19 heavy (non-hydrogen) atoms. The number of aryl methyl sites for hydroxylation is 2. The van der Waals surface area contributed by atoms with Gasteiger partial charge in [0.15, 0.2) is 23.3 Å². The van der Waals surface area contributed by atoms with E-state index in [4.69, 9.17) is 0 Å². The highest BCUT2D eigenvalue weighted by atomic mass is 32.1. The second kappa shape index (κ2) is 3.93. The highest BCUT2D eigenvalue weighted by molar-refractivity contribution is 7.25. The van der Waals surface area contributed by atoms with E-state index in [-0.39, 0.29) is 21.9 Å². The van der Waals surface area contributed by atoms with Crippen LogP contribution in [-0.2, 0) is 0 Å². The maximum atomic E-state index is 14.0. The van der Waals surface area contributed by atoms with E-state index >= 15 is 0 Å². The highest BCUT2D eigenvalue weighted by Gasteiger charge is 2.21. The smallest absolute Gasteiger partial charge is 0.168 e. The standard InChI is InChI=1S/C14H8F4S/c1-5-3-7-9(13(17)11(5)15)10-8(19-7)4-6(2)12(16)14(10)18/h3-4H,1-2H3. The first-order chi connectivity index (χ1) is 8.91. The third-order valence-corrected chi connectivity index (χ3v) is 4.26. The zero-order chi connectivity index (χ0) is 13.9. The van der Waals surface area contributed by atoms with Crippen LogP contribution in [0.2, 0.25) is 0 Å². The number of rotatable bonds is 0. The summed E-state index contributed by atoms with van der Waals surface area (Å²) in [7, 11) is 0. The normalized spacial score (nSPS) is 11.7. The average Bonchev–Trinajstić information content (AvgIpc) is 2.71. The van der Waals surface area contributed by atoms with Gasteiger partial charge in [0.25, 0.3) is 0 Å². The monoisotopic (exact) mass is 284 g/mol. The van der Waals surface area contributed by atoms with Crippen LogP contribution in [0.5, 0.6) is 0 Å². The van der Waals surface area contributed by atoms with Crippen molar-refractivity contribution in [1.29, 1.82) is 0 Å². The molecule has 0 nitrogen and oxygen atoms in total. The van der Waals surface area contributed by atoms with Gasteiger partial charge in [-0.05, 0) is 37.1 Å². The van der Waals surface area contributed by atoms with Crippen molar-refractivity contribution in [1.82, 2.24) is 0 Å². The number of fused-ring (bicyclic) bond motifs is 3. The third-order valence-electron chi connectivity index (χ3n) is 3.17. The van der Waals surface area contributed by atoms with Gasteiger partial charge in [0, 0.05) is 20.2 Å². The molecule has 0 aliphatic rings. The molecule has 0 aliphatic heterocycles. The Hall–Kier alpha value is -1.62. The van der Waals surface area contributed by atoms with Crippen molar-refractivity contribution in [2.24, 2.45) is 0 Å². The van der Waals surface area contributed by atoms with Gasteiger partial charge < -0.3 is 0 Å². The van der Waals surface area contributed by atoms with Crippen molar-refractivity contribution < 1.29 is 17.6 Å². The summed E-state index contributed by atoms with van der Waals surface area (Å²) in [4.78, 5) is 0. The summed E-state index contributed by atoms with van der Waals surface area (Å²) < 4.78 is 56.0. The topological polar surface area (TPSA) is 0 Å². The number of hydrogen-bond acceptors (Lipinski definition) is 1. The first-order valence-corrected chi connectivity index (χ1v) is 6.39. The van der Waals surface area contributed by atoms with Gasteiger partial charge in [-0.15, -0.1) is 11.3 Å². The Morgan fingerprint density at radius 2 is 1.05 bits per heavy atom. The summed E-state index contributed by atoms with van der Waals surface area (Å²) in [6.07, 6.45) is 0. The lowest BCUT2D eigenvalue weighted by atomic mass is 10.1. The Morgan fingerprint density at radius 1 is 0.684 bits per heavy atom. The molecule has 0 atom stereocenters. The molecule has 0 aliphatic carbocycles. The molecule has 0 amide bonds. The molecule has 0 unspecified atom stereocenters. The van der Waals surface area contributed by atoms with Crippen molar-refractivity contribution in [3.05, 3.63) is 46.5 Å². The van der Waals surface area contributed by atoms with Gasteiger partial charge in [0.2, 0.25) is 0 Å². The Labute approximate surface area is 110 Å². The molecule has 0 saturated heterocycles. The minimum Gasteiger partial charge on any atom is -0.203 e. The van der Waals surface area contributed by atoms with Crippen molar-refractivity contribution in [2.75, 3.05) is 0 Å². The van der Waals surface area contributed by atoms with Crippen LogP contribution >= 0.6 is 11.3 Å². The van der Waals surface area contributed by atoms with Gasteiger partial charge in [-0.1, -0.05) is 0 Å². The number of halogens is 4. The van der Waals surface area contributed by atoms with Gasteiger partial charge >= 0.3 is 0 Å². The van der Waals surface area contributed by atoms with Crippen molar-refractivity contribution in [3.8, 4) is 0 Å². The van der Waals surface area contributed by atoms with Crippen molar-refractivity contribution in [3.63, 3.8) is 0 Å². The van der Waals surface area contributed by atoms with Crippen LogP contribution in [0.3, 0.4) is 0 Å². The number of benzene rings is 2. The molecule has 0 radical (unpaired) electrons. The van der Waals surface area contributed by atoms with Gasteiger partial charge in [-0.2, -0.15) is 0 Å². The Balaban J connectivity index is 2.64. The van der Waals surface area contributed by atoms with Crippen LogP contribution in [0.4, 0.5) is 17.6 Å². The molecule has 98 valence electrons. The summed E-state index contributed by atoms with van der Waals surface area (Å²) >= 11 is 1.12. The highest BCUT2D eigenvalue weighted by Crippen LogP contribution is 2.40. The molecule has 0 N–H and O–H groups in total. The summed E-state index contributed by atoms with van der Waals surface area (Å²) in [5.41, 5.74) is 0.295. The Bertz CT molecular complexity index is 765. The van der Waals surface area contributed by atoms with Gasteiger partial charge in [0.1, 0.15) is 0 Å². The van der Waals surface area contributed by atoms with Gasteiger partial charge in [0.05, 0.1) is 0 Å². The van der Waals surface area contributed by atoms with Crippen LogP contribution in [0.15, 0.2) is 12.1 Å². The molecule has 3 aromatic rings. The molecule has 0 bridgehead atoms. The van der Waals surface area contributed by atoms with Gasteiger partial charge in [-0.3, -0.25) is 0 Å². The maximum absolute atomic E-state index is 14.0. The summed E-state index contributed by atoms with van der Waals surface area (Å²) in [6.45, 7) is 2.87. The lowest BCUT2D eigenvalue weighted by Crippen LogP contribution is -1.92. The van der Waals surface area contributed by atoms with Crippen LogP contribution in [-0.4, -0.2) is 0 Å². The molecule has 0 fully saturated rings. The zero-order valence-electron chi connectivity index (χ0n) is 10.1. The summed E-state index contributed by atoms with van der Waals surface area (Å²) in [5.74, 6) is -4.29. The molecule has 0 spiro atoms. The second-order valence-corrected chi connectivity index (χ2v) is 5.57. The van der Waals surface area contributed by atoms with E-state index in [9.17, 15) is 17.6 Å². The molecule has 0 saturated carbocycles. The molecule has 3 rings (SSSR count). The summed E-state index contributed by atoms with van der Waals surface area (Å²) in [6, 6.07) is 2.90. The van der Waals surface area contributed by atoms with Crippen LogP contribution in [0.25, 0.3) is 20.2 Å². The van der Waals surface area contributed by atoms with E-state index in [1.54, 1.807) is 0 Å². The number of thiophene rings is 1. The quantitative estimate of drug-likeness (QED) is 0.496. The van der Waals surface area contributed by atoms with Crippen molar-refractivity contribution in [2.45, 2.75) is 13.8 Å². The average molecular weight is 284 g/mol. The van der Waals surface area contributed by atoms with E-state index < -0.39 is 23.3 Å². The molecular formula is C14H8F4S. The summed E-state index contributed by atoms with van der Waals surface area (Å²) in [5, 5.41) is -0.362. The van der Waals surface area contributed by atoms with E-state index in [2.05, 4.69) is 0 Å². The maximum Gasteiger partial charge on any atom is 0.168 e. The van der Waals surface area contributed by atoms with Crippen LogP contribution in [0.1, 0.15) is 11.1 Å². The number of hydrogen-bond donors (Lipinski definition) is 0. The SMILES string of the molecule is Cc1cc2sc3cc(C)c(F)c(F)c3c2c(F)c1F. The molecule has 1 aromatic heterocycles. The predicted molar refractivity (Wildman–Crippen MR) is 68.6 cm³/mol. The second-order valence-electron chi connectivity index (χ2n) is 4.49. The molecule has 1 heterocycles. The Morgan fingerprint density at radius 3 is 1.42 bits per heavy atom. The van der Waals surface area contributed by atoms with Crippen molar-refractivity contribution >= 4 is 31.5 Å². The van der Waals surface area contributed by atoms with E-state index in [1.807, 2.05) is 0 Å². The fraction of sp³-hybridized carbons (Fsp3) is 0.143. The molecule has 5 heteroatoms. The lowest BCUT2D eigenvalue weighted by Gasteiger charge is -2.02. The van der Waals surface area contributed by atoms with E-state index in [1.165, 1.54) is 26.0 Å². The largest absolute Gasteiger partial charge is 0.203 e.